The molecule has 1 aliphatic rings. The first-order valence-corrected chi connectivity index (χ1v) is 10.4. The van der Waals surface area contributed by atoms with Crippen LogP contribution in [0.15, 0.2) is 46.3 Å². The van der Waals surface area contributed by atoms with Gasteiger partial charge in [-0.05, 0) is 42.0 Å². The number of benzene rings is 1. The molecule has 1 aromatic heterocycles. The molecule has 4 nitrogen and oxygen atoms in total. The Kier molecular flexibility index (Phi) is 6.62. The Morgan fingerprint density at radius 2 is 1.96 bits per heavy atom. The number of nitrogens with one attached hydrogen (secondary N) is 1. The first-order chi connectivity index (χ1) is 12.6. The number of ketones is 1. The average molecular weight is 436 g/mol. The Bertz CT molecular complexity index is 754. The van der Waals surface area contributed by atoms with E-state index in [9.17, 15) is 9.59 Å². The normalized spacial score (nSPS) is 16.2. The van der Waals surface area contributed by atoms with Crippen molar-refractivity contribution in [3.8, 4) is 0 Å². The molecule has 0 bridgehead atoms. The van der Waals surface area contributed by atoms with E-state index < -0.39 is 0 Å². The van der Waals surface area contributed by atoms with Gasteiger partial charge in [0.1, 0.15) is 0 Å². The number of amides is 1. The van der Waals surface area contributed by atoms with Gasteiger partial charge in [0.15, 0.2) is 5.78 Å². The van der Waals surface area contributed by atoms with Gasteiger partial charge in [0, 0.05) is 42.5 Å². The van der Waals surface area contributed by atoms with E-state index in [-0.39, 0.29) is 29.9 Å². The molecule has 0 spiro atoms. The van der Waals surface area contributed by atoms with Crippen molar-refractivity contribution in [3.63, 3.8) is 0 Å². The van der Waals surface area contributed by atoms with E-state index >= 15 is 0 Å². The molecule has 3 rings (SSSR count). The minimum absolute atomic E-state index is 0.0305. The van der Waals surface area contributed by atoms with E-state index in [4.69, 9.17) is 4.74 Å². The van der Waals surface area contributed by atoms with Gasteiger partial charge in [-0.25, -0.2) is 0 Å². The number of rotatable bonds is 7. The van der Waals surface area contributed by atoms with Crippen LogP contribution in [0.5, 0.6) is 0 Å². The van der Waals surface area contributed by atoms with Crippen molar-refractivity contribution in [2.75, 3.05) is 19.8 Å². The van der Waals surface area contributed by atoms with Gasteiger partial charge in [0.25, 0.3) is 0 Å². The van der Waals surface area contributed by atoms with Crippen molar-refractivity contribution < 1.29 is 14.3 Å². The summed E-state index contributed by atoms with van der Waals surface area (Å²) in [5.74, 6) is -0.0429. The number of thiophene rings is 1. The van der Waals surface area contributed by atoms with E-state index in [2.05, 4.69) is 33.4 Å². The Morgan fingerprint density at radius 3 is 2.65 bits per heavy atom. The summed E-state index contributed by atoms with van der Waals surface area (Å²) in [5.41, 5.74) is 1.10. The van der Waals surface area contributed by atoms with Gasteiger partial charge in [-0.2, -0.15) is 0 Å². The highest BCUT2D eigenvalue weighted by Crippen LogP contribution is 2.35. The molecule has 138 valence electrons. The van der Waals surface area contributed by atoms with Gasteiger partial charge in [-0.15, -0.1) is 11.3 Å². The maximum absolute atomic E-state index is 12.3. The van der Waals surface area contributed by atoms with Gasteiger partial charge in [-0.3, -0.25) is 9.59 Å². The number of carbonyl (C=O) groups excluding carboxylic acids is 2. The summed E-state index contributed by atoms with van der Waals surface area (Å²) in [4.78, 5) is 25.1. The average Bonchev–Trinajstić information content (AvgIpc) is 3.20. The molecule has 1 fully saturated rings. The summed E-state index contributed by atoms with van der Waals surface area (Å²) in [6, 6.07) is 11.9. The second-order valence-corrected chi connectivity index (χ2v) is 8.44. The number of hydrogen-bond acceptors (Lipinski definition) is 4. The molecule has 0 aliphatic carbocycles. The van der Waals surface area contributed by atoms with Crippen molar-refractivity contribution in [1.29, 1.82) is 0 Å². The first kappa shape index (κ1) is 19.3. The maximum atomic E-state index is 12.3. The van der Waals surface area contributed by atoms with Gasteiger partial charge in [0.05, 0.1) is 4.88 Å². The third-order valence-corrected chi connectivity index (χ3v) is 6.29. The largest absolute Gasteiger partial charge is 0.381 e. The van der Waals surface area contributed by atoms with E-state index in [0.717, 1.165) is 17.3 Å². The molecule has 0 radical (unpaired) electrons. The minimum Gasteiger partial charge on any atom is -0.381 e. The van der Waals surface area contributed by atoms with Gasteiger partial charge in [0.2, 0.25) is 5.91 Å². The van der Waals surface area contributed by atoms with Crippen LogP contribution in [-0.2, 0) is 14.9 Å². The molecule has 1 saturated heterocycles. The SMILES string of the molecule is O=C(CCC(=O)c1cccs1)NCC1(c2cccc(Br)c2)CCOCC1. The number of halogens is 1. The molecular weight excluding hydrogens is 414 g/mol. The number of carbonyl (C=O) groups is 2. The van der Waals surface area contributed by atoms with Crippen LogP contribution in [0, 0.1) is 0 Å². The van der Waals surface area contributed by atoms with Crippen LogP contribution in [0.3, 0.4) is 0 Å². The molecule has 26 heavy (non-hydrogen) atoms. The lowest BCUT2D eigenvalue weighted by Crippen LogP contribution is -2.44. The summed E-state index contributed by atoms with van der Waals surface area (Å²) < 4.78 is 6.57. The van der Waals surface area contributed by atoms with Crippen molar-refractivity contribution in [2.45, 2.75) is 31.1 Å². The van der Waals surface area contributed by atoms with E-state index in [1.807, 2.05) is 23.6 Å². The Hall–Kier alpha value is -1.50. The molecule has 0 saturated carbocycles. The molecule has 1 amide bonds. The van der Waals surface area contributed by atoms with Gasteiger partial charge >= 0.3 is 0 Å². The molecule has 2 heterocycles. The third-order valence-electron chi connectivity index (χ3n) is 4.89. The monoisotopic (exact) mass is 435 g/mol. The zero-order valence-electron chi connectivity index (χ0n) is 14.5. The van der Waals surface area contributed by atoms with Crippen LogP contribution >= 0.6 is 27.3 Å². The van der Waals surface area contributed by atoms with Crippen LogP contribution in [0.1, 0.15) is 40.9 Å². The predicted molar refractivity (Wildman–Crippen MR) is 107 cm³/mol. The molecular formula is C20H22BrNO3S. The fourth-order valence-electron chi connectivity index (χ4n) is 3.29. The number of Topliss-reactive ketones (excluding diaryl/α,β-unsaturated/α-hetero) is 1. The van der Waals surface area contributed by atoms with Crippen molar-refractivity contribution in [1.82, 2.24) is 5.32 Å². The highest BCUT2D eigenvalue weighted by molar-refractivity contribution is 9.10. The molecule has 2 aromatic rings. The summed E-state index contributed by atoms with van der Waals surface area (Å²) >= 11 is 4.95. The van der Waals surface area contributed by atoms with Gasteiger partial charge < -0.3 is 10.1 Å². The lowest BCUT2D eigenvalue weighted by molar-refractivity contribution is -0.121. The maximum Gasteiger partial charge on any atom is 0.220 e. The molecule has 6 heteroatoms. The number of ether oxygens (including phenoxy) is 1. The summed E-state index contributed by atoms with van der Waals surface area (Å²) in [7, 11) is 0. The van der Waals surface area contributed by atoms with Gasteiger partial charge in [-0.1, -0.05) is 34.1 Å². The highest BCUT2D eigenvalue weighted by Gasteiger charge is 2.35. The van der Waals surface area contributed by atoms with Crippen molar-refractivity contribution >= 4 is 39.0 Å². The van der Waals surface area contributed by atoms with Crippen molar-refractivity contribution in [2.24, 2.45) is 0 Å². The summed E-state index contributed by atoms with van der Waals surface area (Å²) in [5, 5.41) is 4.93. The van der Waals surface area contributed by atoms with Crippen LogP contribution in [0.4, 0.5) is 0 Å². The van der Waals surface area contributed by atoms with E-state index in [0.29, 0.717) is 24.6 Å². The smallest absolute Gasteiger partial charge is 0.220 e. The Labute approximate surface area is 166 Å². The lowest BCUT2D eigenvalue weighted by Gasteiger charge is -2.38. The Balaban J connectivity index is 1.59. The van der Waals surface area contributed by atoms with Crippen LogP contribution in [0.25, 0.3) is 0 Å². The molecule has 1 N–H and O–H groups in total. The Morgan fingerprint density at radius 1 is 1.15 bits per heavy atom. The fourth-order valence-corrected chi connectivity index (χ4v) is 4.39. The quantitative estimate of drug-likeness (QED) is 0.658. The van der Waals surface area contributed by atoms with Crippen LogP contribution < -0.4 is 5.32 Å². The van der Waals surface area contributed by atoms with Crippen LogP contribution in [0.2, 0.25) is 0 Å². The molecule has 1 aromatic carbocycles. The second kappa shape index (κ2) is 8.93. The summed E-state index contributed by atoms with van der Waals surface area (Å²) in [6.45, 7) is 1.96. The fraction of sp³-hybridized carbons (Fsp3) is 0.400. The third kappa shape index (κ3) is 4.81. The minimum atomic E-state index is -0.116. The second-order valence-electron chi connectivity index (χ2n) is 6.58. The van der Waals surface area contributed by atoms with E-state index in [1.165, 1.54) is 16.9 Å². The molecule has 0 atom stereocenters. The van der Waals surface area contributed by atoms with Crippen LogP contribution in [-0.4, -0.2) is 31.4 Å². The molecule has 1 aliphatic heterocycles. The van der Waals surface area contributed by atoms with E-state index in [1.54, 1.807) is 6.07 Å². The number of hydrogen-bond donors (Lipinski definition) is 1. The summed E-state index contributed by atoms with van der Waals surface area (Å²) in [6.07, 6.45) is 2.22. The zero-order valence-corrected chi connectivity index (χ0v) is 16.9. The predicted octanol–water partition coefficient (Wildman–Crippen LogP) is 4.34. The lowest BCUT2D eigenvalue weighted by atomic mass is 9.74. The first-order valence-electron chi connectivity index (χ1n) is 8.76. The standard InChI is InChI=1S/C20H22BrNO3S/c21-16-4-1-3-15(13-16)20(8-10-25-11-9-20)14-22-19(24)7-6-17(23)18-5-2-12-26-18/h1-5,12-13H,6-11,14H2,(H,22,24). The topological polar surface area (TPSA) is 55.4 Å². The molecule has 0 unspecified atom stereocenters. The van der Waals surface area contributed by atoms with Crippen molar-refractivity contribution in [3.05, 3.63) is 56.7 Å². The zero-order chi connectivity index (χ0) is 18.4. The highest BCUT2D eigenvalue weighted by atomic mass is 79.9.